The predicted molar refractivity (Wildman–Crippen MR) is 136 cm³/mol. The second-order valence-electron chi connectivity index (χ2n) is 12.0. The number of aliphatic hydroxyl groups is 1. The third kappa shape index (κ3) is 3.57. The van der Waals surface area contributed by atoms with Gasteiger partial charge in [0, 0.05) is 16.5 Å². The van der Waals surface area contributed by atoms with Crippen molar-refractivity contribution in [3.63, 3.8) is 0 Å². The minimum Gasteiger partial charge on any atom is -0.477 e. The molecule has 1 N–H and O–H groups in total. The first kappa shape index (κ1) is 22.3. The quantitative estimate of drug-likeness (QED) is 0.437. The van der Waals surface area contributed by atoms with Gasteiger partial charge in [0.15, 0.2) is 0 Å². The minimum absolute atomic E-state index is 0.114. The molecule has 1 aromatic carbocycles. The first-order chi connectivity index (χ1) is 15.9. The number of benzene rings is 1. The fraction of sp³-hybridized carbons (Fsp3) is 0.690. The number of hydrogen-bond donors (Lipinski definition) is 1. The Bertz CT molecular complexity index is 970. The van der Waals surface area contributed by atoms with Gasteiger partial charge in [0.1, 0.15) is 0 Å². The number of allylic oxidation sites excluding steroid dienone is 1. The summed E-state index contributed by atoms with van der Waals surface area (Å²) in [6.07, 6.45) is 13.2. The first-order valence-corrected chi connectivity index (χ1v) is 14.0. The van der Waals surface area contributed by atoms with E-state index in [0.717, 1.165) is 59.6 Å². The Hall–Kier alpha value is -1.13. The molecule has 1 aromatic rings. The van der Waals surface area contributed by atoms with E-state index in [1.165, 1.54) is 38.5 Å². The highest BCUT2D eigenvalue weighted by atomic mass is 79.9. The van der Waals surface area contributed by atoms with E-state index in [2.05, 4.69) is 60.1 Å². The SMILES string of the molecule is C[C@]12CC[C@H]3[C@@H](CC=C4C[C@@H](O)CC[C@@]43C)[C@@H]1CC[C@@H]2C1CCOC(c2ccc(Br)cc2)=N1. The lowest BCUT2D eigenvalue weighted by atomic mass is 9.47. The topological polar surface area (TPSA) is 41.8 Å². The zero-order valence-electron chi connectivity index (χ0n) is 20.1. The minimum atomic E-state index is -0.114. The van der Waals surface area contributed by atoms with E-state index in [-0.39, 0.29) is 6.10 Å². The number of rotatable bonds is 2. The largest absolute Gasteiger partial charge is 0.477 e. The number of fused-ring (bicyclic) bond motifs is 5. The molecule has 8 atom stereocenters. The second kappa shape index (κ2) is 8.22. The highest BCUT2D eigenvalue weighted by Crippen LogP contribution is 2.67. The van der Waals surface area contributed by atoms with E-state index < -0.39 is 0 Å². The van der Waals surface area contributed by atoms with Crippen molar-refractivity contribution in [1.82, 2.24) is 0 Å². The van der Waals surface area contributed by atoms with Crippen molar-refractivity contribution in [1.29, 1.82) is 0 Å². The molecule has 178 valence electrons. The number of ether oxygens (including phenoxy) is 1. The summed E-state index contributed by atoms with van der Waals surface area (Å²) in [7, 11) is 0. The highest BCUT2D eigenvalue weighted by molar-refractivity contribution is 9.10. The van der Waals surface area contributed by atoms with Gasteiger partial charge in [0.2, 0.25) is 5.90 Å². The zero-order chi connectivity index (χ0) is 22.8. The summed E-state index contributed by atoms with van der Waals surface area (Å²) in [6.45, 7) is 5.93. The molecule has 3 fully saturated rings. The molecule has 1 unspecified atom stereocenters. The molecule has 3 saturated carbocycles. The summed E-state index contributed by atoms with van der Waals surface area (Å²) >= 11 is 3.54. The third-order valence-corrected chi connectivity index (χ3v) is 11.2. The molecule has 4 aliphatic carbocycles. The van der Waals surface area contributed by atoms with E-state index in [0.29, 0.717) is 22.8 Å². The van der Waals surface area contributed by atoms with E-state index >= 15 is 0 Å². The van der Waals surface area contributed by atoms with Crippen LogP contribution in [0.5, 0.6) is 0 Å². The van der Waals surface area contributed by atoms with Gasteiger partial charge >= 0.3 is 0 Å². The molecule has 0 spiro atoms. The van der Waals surface area contributed by atoms with Gasteiger partial charge in [-0.15, -0.1) is 0 Å². The van der Waals surface area contributed by atoms with Crippen molar-refractivity contribution in [3.05, 3.63) is 46.0 Å². The highest BCUT2D eigenvalue weighted by Gasteiger charge is 2.59. The maximum absolute atomic E-state index is 10.3. The Morgan fingerprint density at radius 1 is 0.970 bits per heavy atom. The Balaban J connectivity index is 1.26. The normalized spacial score (nSPS) is 44.6. The van der Waals surface area contributed by atoms with Crippen LogP contribution in [0.4, 0.5) is 0 Å². The molecule has 0 aromatic heterocycles. The van der Waals surface area contributed by atoms with Gasteiger partial charge in [0.25, 0.3) is 0 Å². The van der Waals surface area contributed by atoms with Gasteiger partial charge < -0.3 is 9.84 Å². The molecule has 1 heterocycles. The van der Waals surface area contributed by atoms with Gasteiger partial charge in [-0.3, -0.25) is 0 Å². The lowest BCUT2D eigenvalue weighted by molar-refractivity contribution is -0.0539. The van der Waals surface area contributed by atoms with Crippen molar-refractivity contribution in [2.75, 3.05) is 6.61 Å². The number of aliphatic hydroxyl groups excluding tert-OH is 1. The van der Waals surface area contributed by atoms with Gasteiger partial charge in [0.05, 0.1) is 18.8 Å². The standard InChI is InChI=1S/C29H38BrNO2/c1-28-14-11-21(32)17-19(28)5-8-22-23-9-10-25(29(23,2)15-12-24(22)28)26-13-16-33-27(31-26)18-3-6-20(30)7-4-18/h3-7,21-26,32H,8-17H2,1-2H3/t21-,22-,23-,24-,25+,26?,28-,29-/m0/s1. The molecule has 4 heteroatoms. The van der Waals surface area contributed by atoms with Gasteiger partial charge in [-0.05, 0) is 110 Å². The van der Waals surface area contributed by atoms with Crippen molar-refractivity contribution in [3.8, 4) is 0 Å². The zero-order valence-corrected chi connectivity index (χ0v) is 21.7. The van der Waals surface area contributed by atoms with Crippen LogP contribution >= 0.6 is 15.9 Å². The molecule has 0 bridgehead atoms. The Kier molecular flexibility index (Phi) is 5.57. The fourth-order valence-corrected chi connectivity index (χ4v) is 9.15. The van der Waals surface area contributed by atoms with Crippen LogP contribution in [0.2, 0.25) is 0 Å². The molecule has 0 saturated heterocycles. The van der Waals surface area contributed by atoms with Gasteiger partial charge in [-0.2, -0.15) is 0 Å². The molecule has 0 radical (unpaired) electrons. The molecular weight excluding hydrogens is 474 g/mol. The van der Waals surface area contributed by atoms with Crippen molar-refractivity contribution >= 4 is 21.8 Å². The molecule has 33 heavy (non-hydrogen) atoms. The summed E-state index contributed by atoms with van der Waals surface area (Å²) in [5, 5.41) is 10.3. The van der Waals surface area contributed by atoms with Crippen molar-refractivity contribution in [2.45, 2.75) is 83.8 Å². The Morgan fingerprint density at radius 3 is 2.58 bits per heavy atom. The van der Waals surface area contributed by atoms with Crippen molar-refractivity contribution < 1.29 is 9.84 Å². The van der Waals surface area contributed by atoms with E-state index in [1.807, 2.05) is 0 Å². The van der Waals surface area contributed by atoms with Gasteiger partial charge in [-0.25, -0.2) is 4.99 Å². The molecule has 6 rings (SSSR count). The van der Waals surface area contributed by atoms with Crippen LogP contribution in [-0.2, 0) is 4.74 Å². The number of hydrogen-bond acceptors (Lipinski definition) is 3. The molecule has 5 aliphatic rings. The average Bonchev–Trinajstić information content (AvgIpc) is 3.17. The summed E-state index contributed by atoms with van der Waals surface area (Å²) in [5.74, 6) is 3.95. The van der Waals surface area contributed by atoms with Crippen LogP contribution < -0.4 is 0 Å². The van der Waals surface area contributed by atoms with E-state index in [1.54, 1.807) is 5.57 Å². The summed E-state index contributed by atoms with van der Waals surface area (Å²) < 4.78 is 7.13. The van der Waals surface area contributed by atoms with Crippen molar-refractivity contribution in [2.24, 2.45) is 39.5 Å². The monoisotopic (exact) mass is 511 g/mol. The number of halogens is 1. The van der Waals surface area contributed by atoms with E-state index in [9.17, 15) is 5.11 Å². The summed E-state index contributed by atoms with van der Waals surface area (Å²) in [6, 6.07) is 8.77. The third-order valence-electron chi connectivity index (χ3n) is 10.6. The summed E-state index contributed by atoms with van der Waals surface area (Å²) in [5.41, 5.74) is 3.40. The van der Waals surface area contributed by atoms with Crippen LogP contribution in [0.1, 0.15) is 77.2 Å². The van der Waals surface area contributed by atoms with Gasteiger partial charge in [-0.1, -0.05) is 41.4 Å². The fourth-order valence-electron chi connectivity index (χ4n) is 8.88. The van der Waals surface area contributed by atoms with Crippen LogP contribution in [0.25, 0.3) is 0 Å². The number of aliphatic imine (C=N–C) groups is 1. The Labute approximate surface area is 207 Å². The lowest BCUT2D eigenvalue weighted by Gasteiger charge is -2.58. The molecule has 3 nitrogen and oxygen atoms in total. The lowest BCUT2D eigenvalue weighted by Crippen LogP contribution is -2.51. The second-order valence-corrected chi connectivity index (χ2v) is 12.9. The molecule has 1 aliphatic heterocycles. The molecular formula is C29H38BrNO2. The smallest absolute Gasteiger partial charge is 0.216 e. The average molecular weight is 513 g/mol. The maximum Gasteiger partial charge on any atom is 0.216 e. The number of nitrogens with zero attached hydrogens (tertiary/aromatic N) is 1. The maximum atomic E-state index is 10.3. The molecule has 0 amide bonds. The Morgan fingerprint density at radius 2 is 1.76 bits per heavy atom. The van der Waals surface area contributed by atoms with Crippen LogP contribution in [-0.4, -0.2) is 29.8 Å². The first-order valence-electron chi connectivity index (χ1n) is 13.2. The van der Waals surface area contributed by atoms with Crippen LogP contribution in [0.3, 0.4) is 0 Å². The predicted octanol–water partition coefficient (Wildman–Crippen LogP) is 6.92. The summed E-state index contributed by atoms with van der Waals surface area (Å²) in [4.78, 5) is 5.23. The van der Waals surface area contributed by atoms with E-state index in [4.69, 9.17) is 9.73 Å². The van der Waals surface area contributed by atoms with Crippen LogP contribution in [0, 0.1) is 34.5 Å². The van der Waals surface area contributed by atoms with Crippen LogP contribution in [0.15, 0.2) is 45.4 Å².